The highest BCUT2D eigenvalue weighted by Crippen LogP contribution is 2.21. The Hall–Kier alpha value is -0.890. The van der Waals surface area contributed by atoms with E-state index in [1.807, 2.05) is 0 Å². The molecule has 0 aliphatic carbocycles. The molecule has 0 aliphatic heterocycles. The summed E-state index contributed by atoms with van der Waals surface area (Å²) in [6.07, 6.45) is 1.89. The van der Waals surface area contributed by atoms with Gasteiger partial charge in [0.25, 0.3) is 0 Å². The number of nitrogens with zero attached hydrogens (tertiary/aromatic N) is 1. The van der Waals surface area contributed by atoms with Gasteiger partial charge in [-0.1, -0.05) is 6.08 Å². The number of allylic oxidation sites excluding steroid dienone is 1. The highest BCUT2D eigenvalue weighted by atomic mass is 32.2. The smallest absolute Gasteiger partial charge is 0.189 e. The molecule has 0 aromatic carbocycles. The van der Waals surface area contributed by atoms with Crippen molar-refractivity contribution in [1.82, 2.24) is 0 Å². The van der Waals surface area contributed by atoms with E-state index in [2.05, 4.69) is 6.58 Å². The Morgan fingerprint density at radius 3 is 2.33 bits per heavy atom. The minimum atomic E-state index is -3.70. The molecule has 0 saturated carbocycles. The van der Waals surface area contributed by atoms with E-state index in [0.29, 0.717) is 0 Å². The lowest BCUT2D eigenvalue weighted by atomic mass is 10.1. The molecule has 0 fully saturated rings. The molecule has 0 aliphatic rings. The van der Waals surface area contributed by atoms with E-state index < -0.39 is 21.3 Å². The molecule has 0 radical (unpaired) electrons. The third kappa shape index (κ3) is 1.83. The zero-order valence-corrected chi connectivity index (χ0v) is 7.57. The summed E-state index contributed by atoms with van der Waals surface area (Å²) in [4.78, 5) is 0. The summed E-state index contributed by atoms with van der Waals surface area (Å²) in [5, 5.41) is 8.53. The van der Waals surface area contributed by atoms with Gasteiger partial charge in [-0.2, -0.15) is 5.26 Å². The molecule has 0 spiro atoms. The first-order chi connectivity index (χ1) is 5.43. The predicted molar refractivity (Wildman–Crippen MR) is 44.0 cm³/mol. The van der Waals surface area contributed by atoms with Gasteiger partial charge in [0, 0.05) is 12.7 Å². The fraction of sp³-hybridized carbons (Fsp3) is 0.571. The van der Waals surface area contributed by atoms with Crippen molar-refractivity contribution in [2.45, 2.75) is 11.2 Å². The molecule has 0 heterocycles. The van der Waals surface area contributed by atoms with E-state index >= 15 is 0 Å². The molecular formula is C7H10FNO2S. The van der Waals surface area contributed by atoms with Crippen molar-refractivity contribution in [3.63, 3.8) is 0 Å². The first kappa shape index (κ1) is 11.1. The van der Waals surface area contributed by atoms with Crippen LogP contribution in [0.15, 0.2) is 12.7 Å². The van der Waals surface area contributed by atoms with E-state index in [4.69, 9.17) is 5.26 Å². The van der Waals surface area contributed by atoms with Crippen molar-refractivity contribution in [2.24, 2.45) is 0 Å². The van der Waals surface area contributed by atoms with Gasteiger partial charge in [0.05, 0.1) is 6.07 Å². The Labute approximate surface area is 71.4 Å². The summed E-state index contributed by atoms with van der Waals surface area (Å²) in [6.45, 7) is 2.07. The second-order valence-corrected chi connectivity index (χ2v) is 4.83. The van der Waals surface area contributed by atoms with Crippen molar-refractivity contribution in [1.29, 1.82) is 5.26 Å². The monoisotopic (exact) mass is 191 g/mol. The lowest BCUT2D eigenvalue weighted by molar-refractivity contribution is 0.424. The molecule has 5 heteroatoms. The average Bonchev–Trinajstić information content (AvgIpc) is 1.98. The van der Waals surface area contributed by atoms with Gasteiger partial charge in [-0.25, -0.2) is 12.8 Å². The molecular weight excluding hydrogens is 181 g/mol. The van der Waals surface area contributed by atoms with Gasteiger partial charge in [0.1, 0.15) is 6.67 Å². The maximum atomic E-state index is 12.3. The Balaban J connectivity index is 5.14. The molecule has 0 amide bonds. The van der Waals surface area contributed by atoms with Gasteiger partial charge < -0.3 is 0 Å². The number of halogens is 1. The van der Waals surface area contributed by atoms with Gasteiger partial charge in [0.2, 0.25) is 0 Å². The van der Waals surface area contributed by atoms with E-state index in [-0.39, 0.29) is 6.42 Å². The highest BCUT2D eigenvalue weighted by Gasteiger charge is 2.40. The Morgan fingerprint density at radius 1 is 1.75 bits per heavy atom. The predicted octanol–water partition coefficient (Wildman–Crippen LogP) is 0.839. The van der Waals surface area contributed by atoms with E-state index in [0.717, 1.165) is 6.26 Å². The van der Waals surface area contributed by atoms with Crippen LogP contribution in [-0.2, 0) is 9.84 Å². The van der Waals surface area contributed by atoms with E-state index in [9.17, 15) is 12.8 Å². The van der Waals surface area contributed by atoms with Crippen LogP contribution in [0.4, 0.5) is 4.39 Å². The van der Waals surface area contributed by atoms with Crippen LogP contribution in [0.1, 0.15) is 6.42 Å². The van der Waals surface area contributed by atoms with Gasteiger partial charge in [-0.15, -0.1) is 6.58 Å². The van der Waals surface area contributed by atoms with Gasteiger partial charge >= 0.3 is 0 Å². The van der Waals surface area contributed by atoms with Crippen LogP contribution < -0.4 is 0 Å². The van der Waals surface area contributed by atoms with Crippen LogP contribution in [0.25, 0.3) is 0 Å². The second kappa shape index (κ2) is 3.68. The highest BCUT2D eigenvalue weighted by molar-refractivity contribution is 7.92. The summed E-state index contributed by atoms with van der Waals surface area (Å²) in [7, 11) is -3.70. The number of hydrogen-bond acceptors (Lipinski definition) is 3. The van der Waals surface area contributed by atoms with E-state index in [1.54, 1.807) is 0 Å². The number of sulfone groups is 1. The Morgan fingerprint density at radius 2 is 2.25 bits per heavy atom. The number of nitriles is 1. The topological polar surface area (TPSA) is 57.9 Å². The Kier molecular flexibility index (Phi) is 3.40. The zero-order valence-electron chi connectivity index (χ0n) is 6.75. The van der Waals surface area contributed by atoms with Gasteiger partial charge in [-0.3, -0.25) is 0 Å². The van der Waals surface area contributed by atoms with Crippen molar-refractivity contribution in [2.75, 3.05) is 12.9 Å². The molecule has 0 bridgehead atoms. The van der Waals surface area contributed by atoms with Crippen LogP contribution in [0.2, 0.25) is 0 Å². The van der Waals surface area contributed by atoms with Crippen LogP contribution in [0.5, 0.6) is 0 Å². The molecule has 0 N–H and O–H groups in total. The summed E-state index contributed by atoms with van der Waals surface area (Å²) in [5.74, 6) is 0. The first-order valence-electron chi connectivity index (χ1n) is 3.21. The average molecular weight is 191 g/mol. The molecule has 0 aromatic heterocycles. The summed E-state index contributed by atoms with van der Waals surface area (Å²) >= 11 is 0. The SMILES string of the molecule is C=CC[C@](C#N)(CF)S(C)(=O)=O. The van der Waals surface area contributed by atoms with Crippen molar-refractivity contribution in [3.8, 4) is 6.07 Å². The third-order valence-corrected chi connectivity index (χ3v) is 3.39. The van der Waals surface area contributed by atoms with Crippen molar-refractivity contribution >= 4 is 9.84 Å². The van der Waals surface area contributed by atoms with E-state index in [1.165, 1.54) is 12.1 Å². The minimum absolute atomic E-state index is 0.182. The molecule has 0 saturated heterocycles. The minimum Gasteiger partial charge on any atom is -0.248 e. The normalized spacial score (nSPS) is 16.1. The Bertz CT molecular complexity index is 304. The summed E-state index contributed by atoms with van der Waals surface area (Å²) in [5.41, 5.74) is 0. The molecule has 0 aromatic rings. The largest absolute Gasteiger partial charge is 0.248 e. The molecule has 3 nitrogen and oxygen atoms in total. The summed E-state index contributed by atoms with van der Waals surface area (Å²) < 4.78 is 32.4. The van der Waals surface area contributed by atoms with Gasteiger partial charge in [0.15, 0.2) is 14.6 Å². The molecule has 0 rings (SSSR count). The lowest BCUT2D eigenvalue weighted by Crippen LogP contribution is -2.38. The zero-order chi connectivity index (χ0) is 9.83. The van der Waals surface area contributed by atoms with Crippen LogP contribution >= 0.6 is 0 Å². The lowest BCUT2D eigenvalue weighted by Gasteiger charge is -2.18. The van der Waals surface area contributed by atoms with Crippen LogP contribution in [0, 0.1) is 11.3 Å². The molecule has 68 valence electrons. The van der Waals surface area contributed by atoms with Crippen LogP contribution in [-0.4, -0.2) is 26.1 Å². The number of hydrogen-bond donors (Lipinski definition) is 0. The third-order valence-electron chi connectivity index (χ3n) is 1.60. The quantitative estimate of drug-likeness (QED) is 0.619. The molecule has 1 atom stereocenters. The maximum absolute atomic E-state index is 12.3. The van der Waals surface area contributed by atoms with Gasteiger partial charge in [-0.05, 0) is 0 Å². The molecule has 12 heavy (non-hydrogen) atoms. The van der Waals surface area contributed by atoms with Crippen LogP contribution in [0.3, 0.4) is 0 Å². The number of rotatable bonds is 4. The maximum Gasteiger partial charge on any atom is 0.189 e. The summed E-state index contributed by atoms with van der Waals surface area (Å²) in [6, 6.07) is 1.47. The fourth-order valence-electron chi connectivity index (χ4n) is 0.697. The standard InChI is InChI=1S/C7H10FNO2S/c1-3-4-7(5-8,6-9)12(2,10)11/h3H,1,4-5H2,2H3/t7-/m1/s1. The first-order valence-corrected chi connectivity index (χ1v) is 5.10. The molecule has 0 unspecified atom stereocenters. The second-order valence-electron chi connectivity index (χ2n) is 2.50. The van der Waals surface area contributed by atoms with Crippen molar-refractivity contribution < 1.29 is 12.8 Å². The number of alkyl halides is 1. The van der Waals surface area contributed by atoms with Crippen molar-refractivity contribution in [3.05, 3.63) is 12.7 Å². The fourth-order valence-corrected chi connectivity index (χ4v) is 1.48.